The number of pyridine rings is 1. The van der Waals surface area contributed by atoms with Crippen LogP contribution in [0, 0.1) is 17.8 Å². The molecule has 4 heteroatoms. The number of aromatic nitrogens is 1. The van der Waals surface area contributed by atoms with Crippen LogP contribution in [0.25, 0.3) is 0 Å². The van der Waals surface area contributed by atoms with E-state index in [2.05, 4.69) is 16.8 Å². The highest BCUT2D eigenvalue weighted by Crippen LogP contribution is 2.16. The fourth-order valence-electron chi connectivity index (χ4n) is 2.19. The molecule has 0 radical (unpaired) electrons. The zero-order valence-electron chi connectivity index (χ0n) is 10.1. The highest BCUT2D eigenvalue weighted by Gasteiger charge is 2.16. The molecule has 1 fully saturated rings. The number of hydrogen-bond donors (Lipinski definition) is 0. The molecule has 2 rings (SSSR count). The zero-order chi connectivity index (χ0) is 12.3. The number of piperidine rings is 1. The van der Waals surface area contributed by atoms with Gasteiger partial charge in [0.05, 0.1) is 0 Å². The van der Waals surface area contributed by atoms with Gasteiger partial charge < -0.3 is 4.90 Å². The van der Waals surface area contributed by atoms with E-state index in [1.165, 1.54) is 25.0 Å². The first kappa shape index (κ1) is 12.4. The zero-order valence-corrected chi connectivity index (χ0v) is 10.1. The van der Waals surface area contributed by atoms with Crippen LogP contribution in [0.1, 0.15) is 25.3 Å². The molecule has 0 amide bonds. The van der Waals surface area contributed by atoms with Gasteiger partial charge >= 0.3 is 0 Å². The van der Waals surface area contributed by atoms with Gasteiger partial charge in [-0.15, -0.1) is 0 Å². The van der Waals surface area contributed by atoms with Crippen molar-refractivity contribution in [2.24, 2.45) is 5.92 Å². The monoisotopic (exact) mass is 240 g/mol. The summed E-state index contributed by atoms with van der Waals surface area (Å²) in [6.07, 6.45) is 3.03. The average Bonchev–Trinajstić information content (AvgIpc) is 2.30. The molecule has 0 atom stereocenters. The molecular formula is C13H18F2N2. The van der Waals surface area contributed by atoms with Crippen LogP contribution in [0.2, 0.25) is 0 Å². The third-order valence-corrected chi connectivity index (χ3v) is 3.47. The Morgan fingerprint density at radius 1 is 1.29 bits per heavy atom. The number of halogens is 2. The Balaban J connectivity index is 1.85. The summed E-state index contributed by atoms with van der Waals surface area (Å²) in [5.74, 6) is -0.621. The summed E-state index contributed by atoms with van der Waals surface area (Å²) in [6.45, 7) is 5.26. The predicted octanol–water partition coefficient (Wildman–Crippen LogP) is 2.63. The van der Waals surface area contributed by atoms with E-state index in [-0.39, 0.29) is 0 Å². The molecular weight excluding hydrogens is 222 g/mol. The molecule has 94 valence electrons. The van der Waals surface area contributed by atoms with Crippen LogP contribution in [0.4, 0.5) is 8.78 Å². The Morgan fingerprint density at radius 2 is 2.00 bits per heavy atom. The highest BCUT2D eigenvalue weighted by molar-refractivity contribution is 5.11. The number of hydrogen-bond acceptors (Lipinski definition) is 2. The quantitative estimate of drug-likeness (QED) is 0.755. The maximum Gasteiger partial charge on any atom is 0.218 e. The van der Waals surface area contributed by atoms with E-state index in [1.807, 2.05) is 0 Å². The molecule has 0 bridgehead atoms. The summed E-state index contributed by atoms with van der Waals surface area (Å²) in [4.78, 5) is 5.53. The van der Waals surface area contributed by atoms with Crippen molar-refractivity contribution in [2.75, 3.05) is 19.6 Å². The molecule has 1 aliphatic heterocycles. The fraction of sp³-hybridized carbons (Fsp3) is 0.615. The lowest BCUT2D eigenvalue weighted by atomic mass is 9.99. The Morgan fingerprint density at radius 3 is 2.65 bits per heavy atom. The number of likely N-dealkylation sites (tertiary alicyclic amines) is 1. The molecule has 0 N–H and O–H groups in total. The molecule has 17 heavy (non-hydrogen) atoms. The van der Waals surface area contributed by atoms with E-state index in [0.29, 0.717) is 12.0 Å². The first-order valence-corrected chi connectivity index (χ1v) is 6.18. The van der Waals surface area contributed by atoms with Crippen molar-refractivity contribution in [3.63, 3.8) is 0 Å². The minimum absolute atomic E-state index is 0.505. The van der Waals surface area contributed by atoms with Crippen molar-refractivity contribution in [2.45, 2.75) is 26.2 Å². The first-order valence-electron chi connectivity index (χ1n) is 6.18. The standard InChI is InChI=1S/C13H18F2N2/c1-10-4-7-17(8-5-10)9-6-11-2-3-12(14)16-13(11)15/h2-3,10H,4-9H2,1H3. The van der Waals surface area contributed by atoms with Crippen LogP contribution in [0.15, 0.2) is 12.1 Å². The number of rotatable bonds is 3. The maximum absolute atomic E-state index is 13.3. The summed E-state index contributed by atoms with van der Waals surface area (Å²) in [5, 5.41) is 0. The third kappa shape index (κ3) is 3.46. The maximum atomic E-state index is 13.3. The Hall–Kier alpha value is -1.03. The minimum Gasteiger partial charge on any atom is -0.303 e. The lowest BCUT2D eigenvalue weighted by Gasteiger charge is -2.30. The molecule has 0 spiro atoms. The predicted molar refractivity (Wildman–Crippen MR) is 62.7 cm³/mol. The van der Waals surface area contributed by atoms with E-state index in [4.69, 9.17) is 0 Å². The van der Waals surface area contributed by atoms with Crippen LogP contribution in [0.5, 0.6) is 0 Å². The lowest BCUT2D eigenvalue weighted by molar-refractivity contribution is 0.194. The Bertz CT molecular complexity index is 374. The highest BCUT2D eigenvalue weighted by atomic mass is 19.1. The SMILES string of the molecule is CC1CCN(CCc2ccc(F)nc2F)CC1. The average molecular weight is 240 g/mol. The van der Waals surface area contributed by atoms with Crippen LogP contribution < -0.4 is 0 Å². The molecule has 1 aliphatic rings. The van der Waals surface area contributed by atoms with Gasteiger partial charge in [0.15, 0.2) is 0 Å². The molecule has 0 saturated carbocycles. The van der Waals surface area contributed by atoms with Crippen molar-refractivity contribution < 1.29 is 8.78 Å². The molecule has 2 heterocycles. The second kappa shape index (κ2) is 5.54. The summed E-state index contributed by atoms with van der Waals surface area (Å²) in [6, 6.07) is 2.71. The summed E-state index contributed by atoms with van der Waals surface area (Å²) < 4.78 is 25.9. The van der Waals surface area contributed by atoms with Crippen LogP contribution >= 0.6 is 0 Å². The van der Waals surface area contributed by atoms with Crippen LogP contribution in [-0.2, 0) is 6.42 Å². The second-order valence-electron chi connectivity index (χ2n) is 4.86. The summed E-state index contributed by atoms with van der Waals surface area (Å²) >= 11 is 0. The van der Waals surface area contributed by atoms with Gasteiger partial charge in [-0.05, 0) is 50.4 Å². The molecule has 1 saturated heterocycles. The van der Waals surface area contributed by atoms with Gasteiger partial charge in [-0.25, -0.2) is 0 Å². The largest absolute Gasteiger partial charge is 0.303 e. The lowest BCUT2D eigenvalue weighted by Crippen LogP contribution is -2.34. The molecule has 0 aromatic carbocycles. The Labute approximate surface area is 101 Å². The number of nitrogens with zero attached hydrogens (tertiary/aromatic N) is 2. The fourth-order valence-corrected chi connectivity index (χ4v) is 2.19. The van der Waals surface area contributed by atoms with Crippen molar-refractivity contribution in [1.29, 1.82) is 0 Å². The van der Waals surface area contributed by atoms with Gasteiger partial charge in [0.2, 0.25) is 11.9 Å². The first-order chi connectivity index (χ1) is 8.15. The van der Waals surface area contributed by atoms with Crippen molar-refractivity contribution >= 4 is 0 Å². The van der Waals surface area contributed by atoms with Gasteiger partial charge in [-0.1, -0.05) is 6.92 Å². The smallest absolute Gasteiger partial charge is 0.218 e. The molecule has 1 aromatic heterocycles. The second-order valence-corrected chi connectivity index (χ2v) is 4.86. The van der Waals surface area contributed by atoms with E-state index < -0.39 is 11.9 Å². The third-order valence-electron chi connectivity index (χ3n) is 3.47. The molecule has 2 nitrogen and oxygen atoms in total. The molecule has 0 aliphatic carbocycles. The van der Waals surface area contributed by atoms with E-state index in [1.54, 1.807) is 0 Å². The van der Waals surface area contributed by atoms with E-state index in [9.17, 15) is 8.78 Å². The van der Waals surface area contributed by atoms with Crippen molar-refractivity contribution in [1.82, 2.24) is 9.88 Å². The van der Waals surface area contributed by atoms with Crippen LogP contribution in [0.3, 0.4) is 0 Å². The van der Waals surface area contributed by atoms with Gasteiger partial charge in [-0.2, -0.15) is 13.8 Å². The minimum atomic E-state index is -0.752. The van der Waals surface area contributed by atoms with Crippen LogP contribution in [-0.4, -0.2) is 29.5 Å². The summed E-state index contributed by atoms with van der Waals surface area (Å²) in [5.41, 5.74) is 0.505. The molecule has 1 aromatic rings. The van der Waals surface area contributed by atoms with Gasteiger partial charge in [0.1, 0.15) is 0 Å². The van der Waals surface area contributed by atoms with Gasteiger partial charge in [-0.3, -0.25) is 0 Å². The normalized spacial score (nSPS) is 18.5. The van der Waals surface area contributed by atoms with E-state index in [0.717, 1.165) is 25.6 Å². The van der Waals surface area contributed by atoms with Crippen molar-refractivity contribution in [3.05, 3.63) is 29.6 Å². The van der Waals surface area contributed by atoms with Gasteiger partial charge in [0, 0.05) is 12.1 Å². The van der Waals surface area contributed by atoms with Crippen molar-refractivity contribution in [3.8, 4) is 0 Å². The summed E-state index contributed by atoms with van der Waals surface area (Å²) in [7, 11) is 0. The van der Waals surface area contributed by atoms with E-state index >= 15 is 0 Å². The van der Waals surface area contributed by atoms with Gasteiger partial charge in [0.25, 0.3) is 0 Å². The topological polar surface area (TPSA) is 16.1 Å². The Kier molecular flexibility index (Phi) is 4.05. The molecule has 0 unspecified atom stereocenters.